The zero-order valence-corrected chi connectivity index (χ0v) is 14.5. The number of nitrogens with zero attached hydrogens (tertiary/aromatic N) is 2. The number of nitrogens with one attached hydrogen (secondary N) is 1. The molecule has 7 heteroatoms. The molecule has 0 aliphatic carbocycles. The van der Waals surface area contributed by atoms with Gasteiger partial charge < -0.3 is 19.9 Å². The van der Waals surface area contributed by atoms with Gasteiger partial charge in [-0.15, -0.1) is 0 Å². The van der Waals surface area contributed by atoms with Gasteiger partial charge in [0.05, 0.1) is 12.7 Å². The van der Waals surface area contributed by atoms with Crippen LogP contribution in [0.2, 0.25) is 0 Å². The van der Waals surface area contributed by atoms with Gasteiger partial charge in [-0.05, 0) is 37.6 Å². The van der Waals surface area contributed by atoms with Crippen molar-refractivity contribution in [3.63, 3.8) is 0 Å². The zero-order valence-electron chi connectivity index (χ0n) is 14.5. The average Bonchev–Trinajstić information content (AvgIpc) is 3.07. The largest absolute Gasteiger partial charge is 0.465 e. The maximum Gasteiger partial charge on any atom is 0.337 e. The van der Waals surface area contributed by atoms with E-state index in [0.29, 0.717) is 38.0 Å². The summed E-state index contributed by atoms with van der Waals surface area (Å²) in [6.07, 6.45) is 1.01. The van der Waals surface area contributed by atoms with E-state index in [0.717, 1.165) is 5.69 Å². The van der Waals surface area contributed by atoms with E-state index in [-0.39, 0.29) is 29.9 Å². The first-order valence-electron chi connectivity index (χ1n) is 8.52. The van der Waals surface area contributed by atoms with E-state index in [2.05, 4.69) is 10.2 Å². The second kappa shape index (κ2) is 7.13. The summed E-state index contributed by atoms with van der Waals surface area (Å²) in [7, 11) is 1.36. The van der Waals surface area contributed by atoms with E-state index in [4.69, 9.17) is 4.74 Å². The SMILES string of the molecule is COC(=O)c1ccc(N2CCN(C(=O)[C@H]3CCC(=O)N3)[C@H](C)C2)cc1. The third-order valence-corrected chi connectivity index (χ3v) is 4.86. The summed E-state index contributed by atoms with van der Waals surface area (Å²) in [6.45, 7) is 4.06. The molecule has 1 aromatic rings. The lowest BCUT2D eigenvalue weighted by Gasteiger charge is -2.41. The molecule has 2 fully saturated rings. The maximum atomic E-state index is 12.6. The number of rotatable bonds is 3. The maximum absolute atomic E-state index is 12.6. The summed E-state index contributed by atoms with van der Waals surface area (Å²) in [5.41, 5.74) is 1.53. The van der Waals surface area contributed by atoms with Crippen molar-refractivity contribution in [3.05, 3.63) is 29.8 Å². The van der Waals surface area contributed by atoms with Crippen molar-refractivity contribution in [1.29, 1.82) is 0 Å². The highest BCUT2D eigenvalue weighted by Gasteiger charge is 2.35. The quantitative estimate of drug-likeness (QED) is 0.820. The minimum Gasteiger partial charge on any atom is -0.465 e. The van der Waals surface area contributed by atoms with Crippen molar-refractivity contribution in [1.82, 2.24) is 10.2 Å². The van der Waals surface area contributed by atoms with Gasteiger partial charge in [-0.2, -0.15) is 0 Å². The molecule has 2 aliphatic rings. The molecular weight excluding hydrogens is 322 g/mol. The monoisotopic (exact) mass is 345 g/mol. The first kappa shape index (κ1) is 17.3. The van der Waals surface area contributed by atoms with Gasteiger partial charge >= 0.3 is 5.97 Å². The Morgan fingerprint density at radius 3 is 2.48 bits per heavy atom. The van der Waals surface area contributed by atoms with Crippen LogP contribution in [0.1, 0.15) is 30.1 Å². The molecule has 2 saturated heterocycles. The van der Waals surface area contributed by atoms with Crippen molar-refractivity contribution in [2.75, 3.05) is 31.6 Å². The minimum atomic E-state index is -0.374. The van der Waals surface area contributed by atoms with Crippen LogP contribution >= 0.6 is 0 Å². The van der Waals surface area contributed by atoms with Crippen LogP contribution in [0.4, 0.5) is 5.69 Å². The van der Waals surface area contributed by atoms with Gasteiger partial charge in [-0.25, -0.2) is 4.79 Å². The van der Waals surface area contributed by atoms with Crippen molar-refractivity contribution >= 4 is 23.5 Å². The number of anilines is 1. The Labute approximate surface area is 146 Å². The first-order valence-corrected chi connectivity index (χ1v) is 8.52. The van der Waals surface area contributed by atoms with E-state index in [1.165, 1.54) is 7.11 Å². The summed E-state index contributed by atoms with van der Waals surface area (Å²) >= 11 is 0. The lowest BCUT2D eigenvalue weighted by atomic mass is 10.1. The molecule has 134 valence electrons. The summed E-state index contributed by atoms with van der Waals surface area (Å²) in [5.74, 6) is -0.386. The van der Waals surface area contributed by atoms with Crippen molar-refractivity contribution < 1.29 is 19.1 Å². The number of methoxy groups -OCH3 is 1. The average molecular weight is 345 g/mol. The zero-order chi connectivity index (χ0) is 18.0. The Bertz CT molecular complexity index is 673. The molecule has 2 aliphatic heterocycles. The van der Waals surface area contributed by atoms with E-state index in [1.54, 1.807) is 12.1 Å². The van der Waals surface area contributed by atoms with Crippen LogP contribution in [0, 0.1) is 0 Å². The van der Waals surface area contributed by atoms with Crippen LogP contribution < -0.4 is 10.2 Å². The first-order chi connectivity index (χ1) is 12.0. The molecule has 0 spiro atoms. The van der Waals surface area contributed by atoms with Crippen LogP contribution in [-0.4, -0.2) is 61.5 Å². The highest BCUT2D eigenvalue weighted by atomic mass is 16.5. The molecule has 0 saturated carbocycles. The lowest BCUT2D eigenvalue weighted by molar-refractivity contribution is -0.136. The number of carbonyl (C=O) groups excluding carboxylic acids is 3. The Hall–Kier alpha value is -2.57. The molecule has 0 unspecified atom stereocenters. The Morgan fingerprint density at radius 2 is 1.92 bits per heavy atom. The minimum absolute atomic E-state index is 0.0130. The molecule has 0 radical (unpaired) electrons. The summed E-state index contributed by atoms with van der Waals surface area (Å²) in [4.78, 5) is 39.5. The van der Waals surface area contributed by atoms with Gasteiger partial charge in [0.15, 0.2) is 0 Å². The number of amides is 2. The molecule has 2 amide bonds. The van der Waals surface area contributed by atoms with Gasteiger partial charge in [-0.1, -0.05) is 0 Å². The standard InChI is InChI=1S/C18H23N3O4/c1-12-11-20(14-5-3-13(4-6-14)18(24)25-2)9-10-21(12)17(23)15-7-8-16(22)19-15/h3-6,12,15H,7-11H2,1-2H3,(H,19,22)/t12-,15-/m1/s1. The Morgan fingerprint density at radius 1 is 1.20 bits per heavy atom. The Kier molecular flexibility index (Phi) is 4.92. The van der Waals surface area contributed by atoms with Crippen molar-refractivity contribution in [3.8, 4) is 0 Å². The van der Waals surface area contributed by atoms with Crippen molar-refractivity contribution in [2.45, 2.75) is 31.8 Å². The number of esters is 1. The van der Waals surface area contributed by atoms with Gasteiger partial charge in [0.1, 0.15) is 6.04 Å². The highest BCUT2D eigenvalue weighted by molar-refractivity contribution is 5.91. The van der Waals surface area contributed by atoms with Crippen LogP contribution in [0.5, 0.6) is 0 Å². The molecule has 1 aromatic carbocycles. The molecule has 7 nitrogen and oxygen atoms in total. The van der Waals surface area contributed by atoms with E-state index in [9.17, 15) is 14.4 Å². The van der Waals surface area contributed by atoms with Gasteiger partial charge in [-0.3, -0.25) is 9.59 Å². The second-order valence-corrected chi connectivity index (χ2v) is 6.52. The summed E-state index contributed by atoms with van der Waals surface area (Å²) in [6, 6.07) is 6.97. The normalized spacial score (nSPS) is 23.4. The fraction of sp³-hybridized carbons (Fsp3) is 0.500. The van der Waals surface area contributed by atoms with Gasteiger partial charge in [0.2, 0.25) is 11.8 Å². The van der Waals surface area contributed by atoms with E-state index in [1.807, 2.05) is 24.0 Å². The fourth-order valence-corrected chi connectivity index (χ4v) is 3.45. The third-order valence-electron chi connectivity index (χ3n) is 4.86. The highest BCUT2D eigenvalue weighted by Crippen LogP contribution is 2.21. The predicted octanol–water partition coefficient (Wildman–Crippen LogP) is 0.789. The third kappa shape index (κ3) is 3.60. The number of carbonyl (C=O) groups is 3. The van der Waals surface area contributed by atoms with E-state index < -0.39 is 0 Å². The molecule has 2 atom stereocenters. The van der Waals surface area contributed by atoms with Crippen LogP contribution in [-0.2, 0) is 14.3 Å². The number of hydrogen-bond acceptors (Lipinski definition) is 5. The van der Waals surface area contributed by atoms with Gasteiger partial charge in [0, 0.05) is 37.8 Å². The molecular formula is C18H23N3O4. The number of ether oxygens (including phenoxy) is 1. The lowest BCUT2D eigenvalue weighted by Crippen LogP contribution is -2.57. The molecule has 25 heavy (non-hydrogen) atoms. The van der Waals surface area contributed by atoms with Crippen LogP contribution in [0.3, 0.4) is 0 Å². The topological polar surface area (TPSA) is 79.0 Å². The molecule has 0 aromatic heterocycles. The molecule has 0 bridgehead atoms. The number of hydrogen-bond donors (Lipinski definition) is 1. The molecule has 1 N–H and O–H groups in total. The van der Waals surface area contributed by atoms with Crippen molar-refractivity contribution in [2.24, 2.45) is 0 Å². The molecule has 2 heterocycles. The second-order valence-electron chi connectivity index (χ2n) is 6.52. The van der Waals surface area contributed by atoms with Crippen LogP contribution in [0.15, 0.2) is 24.3 Å². The number of benzene rings is 1. The number of piperazine rings is 1. The van der Waals surface area contributed by atoms with Gasteiger partial charge in [0.25, 0.3) is 0 Å². The summed E-state index contributed by atoms with van der Waals surface area (Å²) in [5, 5.41) is 2.75. The Balaban J connectivity index is 1.62. The fourth-order valence-electron chi connectivity index (χ4n) is 3.45. The van der Waals surface area contributed by atoms with Crippen LogP contribution in [0.25, 0.3) is 0 Å². The summed E-state index contributed by atoms with van der Waals surface area (Å²) < 4.78 is 4.71. The predicted molar refractivity (Wildman–Crippen MR) is 92.3 cm³/mol. The molecule has 3 rings (SSSR count). The van der Waals surface area contributed by atoms with E-state index >= 15 is 0 Å². The smallest absolute Gasteiger partial charge is 0.337 e.